The molecule has 69 heavy (non-hydrogen) atoms. The Hall–Kier alpha value is -8.16. The van der Waals surface area contributed by atoms with Gasteiger partial charge in [-0.05, 0) is 82.9 Å². The number of nitrogens with zero attached hydrogens (tertiary/aromatic N) is 4. The molecule has 0 aromatic heterocycles. The number of primary amides is 1. The fourth-order valence-electron chi connectivity index (χ4n) is 10.1. The van der Waals surface area contributed by atoms with Crippen LogP contribution in [0.2, 0.25) is 0 Å². The monoisotopic (exact) mass is 925 g/mol. The summed E-state index contributed by atoms with van der Waals surface area (Å²) in [7, 11) is 1.94. The molecule has 3 N–H and O–H groups in total. The van der Waals surface area contributed by atoms with E-state index in [1.54, 1.807) is 42.5 Å². The van der Waals surface area contributed by atoms with E-state index in [1.165, 1.54) is 24.3 Å². The third kappa shape index (κ3) is 8.68. The van der Waals surface area contributed by atoms with Crippen molar-refractivity contribution in [3.05, 3.63) is 207 Å². The summed E-state index contributed by atoms with van der Waals surface area (Å²) in [6.07, 6.45) is -2.06. The molecular weight excluding hydrogens is 879 g/mol. The van der Waals surface area contributed by atoms with Crippen molar-refractivity contribution in [2.75, 3.05) is 31.7 Å². The number of hydrogen-bond donors (Lipinski definition) is 2. The number of hydrogen-bond acceptors (Lipinski definition) is 12. The molecule has 3 aliphatic rings. The summed E-state index contributed by atoms with van der Waals surface area (Å²) < 4.78 is 18.2. The molecule has 1 spiro atoms. The number of rotatable bonds is 13. The average Bonchev–Trinajstić information content (AvgIpc) is 3.82. The highest BCUT2D eigenvalue weighted by molar-refractivity contribution is 6.23. The number of carbonyl (C=O) groups excluding carboxylic acids is 4. The van der Waals surface area contributed by atoms with Gasteiger partial charge in [0, 0.05) is 24.2 Å². The minimum atomic E-state index is -2.13. The van der Waals surface area contributed by atoms with Gasteiger partial charge < -0.3 is 25.1 Å². The van der Waals surface area contributed by atoms with Crippen molar-refractivity contribution in [1.29, 1.82) is 0 Å². The Morgan fingerprint density at radius 1 is 0.826 bits per heavy atom. The third-order valence-corrected chi connectivity index (χ3v) is 12.9. The zero-order valence-electron chi connectivity index (χ0n) is 37.4. The molecule has 15 nitrogen and oxygen atoms in total. The summed E-state index contributed by atoms with van der Waals surface area (Å²) in [5, 5.41) is 21.1. The number of fused-ring (bicyclic) bond motifs is 3. The van der Waals surface area contributed by atoms with Crippen LogP contribution >= 0.6 is 0 Å². The number of nitro groups is 1. The van der Waals surface area contributed by atoms with Crippen molar-refractivity contribution in [1.82, 2.24) is 9.80 Å². The summed E-state index contributed by atoms with van der Waals surface area (Å²) in [5.74, 6) is 2.44. The number of morpholine rings is 1. The molecule has 9 rings (SSSR count). The van der Waals surface area contributed by atoms with Crippen molar-refractivity contribution in [2.24, 2.45) is 11.7 Å². The first-order valence-electron chi connectivity index (χ1n) is 22.3. The van der Waals surface area contributed by atoms with Gasteiger partial charge in [0.1, 0.15) is 36.5 Å². The molecule has 0 saturated carbocycles. The van der Waals surface area contributed by atoms with Crippen molar-refractivity contribution < 1.29 is 43.4 Å². The molecule has 3 aliphatic heterocycles. The lowest BCUT2D eigenvalue weighted by molar-refractivity contribution is -0.384. The number of non-ortho nitro benzene ring substituents is 1. The van der Waals surface area contributed by atoms with Gasteiger partial charge in [-0.2, -0.15) is 0 Å². The van der Waals surface area contributed by atoms with Crippen LogP contribution in [0.5, 0.6) is 5.75 Å². The highest BCUT2D eigenvalue weighted by atomic mass is 16.6. The third-order valence-electron chi connectivity index (χ3n) is 12.9. The van der Waals surface area contributed by atoms with Gasteiger partial charge in [0.15, 0.2) is 0 Å². The standard InChI is InChI=1S/C54H47N5O10/c1-56(33-36-13-5-2-6-14-36)28-12-15-35-24-27-44-43(31-35)54(52(63)57(44)53(64)68-34-37-22-25-41(26-23-37)59(65)66)45(50(55)61)47-51(62)69-48(39-18-9-4-10-19-39)46(38-16-7-3-8-17-38)58(47)49(54)40-20-11-21-42(32-40)67-30-29-60/h2-11,13-14,16-27,31-32,45-49,60H,28-30,33-34H2,1H3,(H2,55,61)/t45-,46-,47-,48+,49+,54-/m0/s1. The van der Waals surface area contributed by atoms with Gasteiger partial charge >= 0.3 is 12.1 Å². The van der Waals surface area contributed by atoms with E-state index in [9.17, 15) is 24.8 Å². The molecule has 6 aromatic rings. The van der Waals surface area contributed by atoms with Crippen molar-refractivity contribution in [3.8, 4) is 17.6 Å². The van der Waals surface area contributed by atoms with Crippen LogP contribution in [0.3, 0.4) is 0 Å². The number of ether oxygens (including phenoxy) is 3. The van der Waals surface area contributed by atoms with E-state index in [0.29, 0.717) is 46.7 Å². The van der Waals surface area contributed by atoms with E-state index >= 15 is 9.59 Å². The largest absolute Gasteiger partial charge is 0.491 e. The van der Waals surface area contributed by atoms with E-state index in [1.807, 2.05) is 108 Å². The number of carbonyl (C=O) groups is 4. The first-order chi connectivity index (χ1) is 33.5. The molecule has 15 heteroatoms. The topological polar surface area (TPSA) is 195 Å². The maximum Gasteiger partial charge on any atom is 0.421 e. The zero-order chi connectivity index (χ0) is 48.2. The second-order valence-electron chi connectivity index (χ2n) is 17.1. The number of cyclic esters (lactones) is 1. The lowest BCUT2D eigenvalue weighted by Gasteiger charge is -2.46. The quantitative estimate of drug-likeness (QED) is 0.0525. The van der Waals surface area contributed by atoms with Crippen LogP contribution in [0.25, 0.3) is 0 Å². The van der Waals surface area contributed by atoms with Gasteiger partial charge in [-0.15, -0.1) is 0 Å². The van der Waals surface area contributed by atoms with E-state index in [-0.39, 0.29) is 36.8 Å². The van der Waals surface area contributed by atoms with E-state index in [2.05, 4.69) is 11.8 Å². The number of aliphatic hydroxyl groups is 1. The van der Waals surface area contributed by atoms with Crippen LogP contribution in [0.15, 0.2) is 158 Å². The Labute approximate surface area is 397 Å². The summed E-state index contributed by atoms with van der Waals surface area (Å²) in [4.78, 5) is 76.1. The van der Waals surface area contributed by atoms with E-state index in [0.717, 1.165) is 10.5 Å². The fraction of sp³-hybridized carbons (Fsp3) is 0.222. The molecular formula is C54H47N5O10. The van der Waals surface area contributed by atoms with Crippen molar-refractivity contribution >= 4 is 35.3 Å². The number of amides is 3. The van der Waals surface area contributed by atoms with Crippen LogP contribution in [0, 0.1) is 27.9 Å². The highest BCUT2D eigenvalue weighted by Crippen LogP contribution is 2.66. The first-order valence-corrected chi connectivity index (χ1v) is 22.3. The predicted molar refractivity (Wildman–Crippen MR) is 253 cm³/mol. The second-order valence-corrected chi connectivity index (χ2v) is 17.1. The van der Waals surface area contributed by atoms with E-state index in [4.69, 9.17) is 19.9 Å². The van der Waals surface area contributed by atoms with Crippen LogP contribution in [-0.4, -0.2) is 76.6 Å². The normalized spacial score (nSPS) is 21.5. The Bertz CT molecular complexity index is 2960. The Morgan fingerprint density at radius 3 is 2.16 bits per heavy atom. The zero-order valence-corrected chi connectivity index (χ0v) is 37.4. The molecule has 6 atom stereocenters. The van der Waals surface area contributed by atoms with Crippen LogP contribution in [0.1, 0.15) is 57.1 Å². The number of nitro benzene ring substituents is 1. The van der Waals surface area contributed by atoms with Gasteiger partial charge in [0.05, 0.1) is 41.8 Å². The number of imide groups is 1. The molecule has 3 amide bonds. The molecule has 0 unspecified atom stereocenters. The number of nitrogens with two attached hydrogens (primary N) is 1. The van der Waals surface area contributed by atoms with Gasteiger partial charge in [0.25, 0.3) is 5.69 Å². The molecule has 2 fully saturated rings. The highest BCUT2D eigenvalue weighted by Gasteiger charge is 2.75. The second kappa shape index (κ2) is 19.6. The van der Waals surface area contributed by atoms with Gasteiger partial charge in [-0.25, -0.2) is 9.69 Å². The maximum absolute atomic E-state index is 16.2. The molecule has 0 aliphatic carbocycles. The number of anilines is 1. The SMILES string of the molecule is CN(CC#Cc1ccc2c(c1)[C@]1(C(=O)N2C(=O)OCc2ccc([N+](=O)[O-])cc2)[C@H](C(N)=O)[C@H]2C(=O)O[C@H](c3ccccc3)[C@H](c3ccccc3)N2[C@@H]1c1cccc(OCCO)c1)Cc1ccccc1. The summed E-state index contributed by atoms with van der Waals surface area (Å²) >= 11 is 0. The minimum Gasteiger partial charge on any atom is -0.491 e. The predicted octanol–water partition coefficient (Wildman–Crippen LogP) is 6.94. The van der Waals surface area contributed by atoms with E-state index < -0.39 is 64.4 Å². The fourth-order valence-corrected chi connectivity index (χ4v) is 10.1. The maximum atomic E-state index is 16.2. The smallest absolute Gasteiger partial charge is 0.421 e. The molecule has 348 valence electrons. The van der Waals surface area contributed by atoms with Gasteiger partial charge in [-0.3, -0.25) is 34.3 Å². The molecule has 6 aromatic carbocycles. The lowest BCUT2D eigenvalue weighted by atomic mass is 9.65. The molecule has 3 heterocycles. The minimum absolute atomic E-state index is 0.0523. The van der Waals surface area contributed by atoms with Crippen LogP contribution < -0.4 is 15.4 Å². The Kier molecular flexibility index (Phi) is 13.1. The number of esters is 1. The number of aliphatic hydroxyl groups excluding tert-OH is 1. The average molecular weight is 926 g/mol. The summed E-state index contributed by atoms with van der Waals surface area (Å²) in [5.41, 5.74) is 8.25. The van der Waals surface area contributed by atoms with Crippen LogP contribution in [-0.2, 0) is 42.4 Å². The lowest BCUT2D eigenvalue weighted by Crippen LogP contribution is -2.55. The summed E-state index contributed by atoms with van der Waals surface area (Å²) in [6, 6.07) is 42.0. The number of benzene rings is 6. The van der Waals surface area contributed by atoms with Crippen LogP contribution in [0.4, 0.5) is 16.2 Å². The van der Waals surface area contributed by atoms with Crippen molar-refractivity contribution in [3.63, 3.8) is 0 Å². The Balaban J connectivity index is 1.25. The molecule has 2 saturated heterocycles. The first kappa shape index (κ1) is 46.0. The molecule has 0 radical (unpaired) electrons. The Morgan fingerprint density at radius 2 is 1.49 bits per heavy atom. The van der Waals surface area contributed by atoms with Gasteiger partial charge in [0.2, 0.25) is 11.8 Å². The molecule has 0 bridgehead atoms. The van der Waals surface area contributed by atoms with Crippen molar-refractivity contribution in [2.45, 2.75) is 42.8 Å². The summed E-state index contributed by atoms with van der Waals surface area (Å²) in [6.45, 7) is 0.294. The van der Waals surface area contributed by atoms with Gasteiger partial charge in [-0.1, -0.05) is 115 Å².